The molecule has 0 aromatic carbocycles. The smallest absolute Gasteiger partial charge is 0.222 e. The Bertz CT molecular complexity index is 292. The Kier molecular flexibility index (Phi) is 5.22. The number of nitrogens with zero attached hydrogens (tertiary/aromatic N) is 2. The Balaban J connectivity index is 1.66. The summed E-state index contributed by atoms with van der Waals surface area (Å²) in [7, 11) is 5.95. The Morgan fingerprint density at radius 1 is 1.26 bits per heavy atom. The summed E-state index contributed by atoms with van der Waals surface area (Å²) in [5.41, 5.74) is 0. The van der Waals surface area contributed by atoms with Gasteiger partial charge in [-0.25, -0.2) is 0 Å². The number of amides is 1. The van der Waals surface area contributed by atoms with Crippen molar-refractivity contribution in [3.63, 3.8) is 0 Å². The Hall–Kier alpha value is -0.610. The van der Waals surface area contributed by atoms with Crippen molar-refractivity contribution in [2.45, 2.75) is 63.1 Å². The molecule has 2 fully saturated rings. The first-order valence-corrected chi connectivity index (χ1v) is 7.73. The summed E-state index contributed by atoms with van der Waals surface area (Å²) < 4.78 is 0. The van der Waals surface area contributed by atoms with Crippen LogP contribution in [0.25, 0.3) is 0 Å². The van der Waals surface area contributed by atoms with Crippen molar-refractivity contribution in [1.29, 1.82) is 0 Å². The van der Waals surface area contributed by atoms with Gasteiger partial charge in [0.05, 0.1) is 0 Å². The van der Waals surface area contributed by atoms with E-state index in [1.54, 1.807) is 4.90 Å². The summed E-state index contributed by atoms with van der Waals surface area (Å²) in [6.45, 7) is 0.980. The predicted octanol–water partition coefficient (Wildman–Crippen LogP) is 1.46. The predicted molar refractivity (Wildman–Crippen MR) is 78.1 cm³/mol. The largest absolute Gasteiger partial charge is 0.349 e. The van der Waals surface area contributed by atoms with E-state index in [0.717, 1.165) is 25.0 Å². The minimum Gasteiger partial charge on any atom is -0.349 e. The molecule has 0 spiro atoms. The Morgan fingerprint density at radius 2 is 1.89 bits per heavy atom. The molecule has 2 unspecified atom stereocenters. The van der Waals surface area contributed by atoms with Crippen LogP contribution in [0.2, 0.25) is 0 Å². The lowest BCUT2D eigenvalue weighted by atomic mass is 9.82. The molecular formula is C15H29N3O. The van der Waals surface area contributed by atoms with Crippen molar-refractivity contribution in [3.8, 4) is 0 Å². The summed E-state index contributed by atoms with van der Waals surface area (Å²) in [6.07, 6.45) is 8.33. The van der Waals surface area contributed by atoms with Crippen LogP contribution < -0.4 is 5.32 Å². The highest BCUT2D eigenvalue weighted by atomic mass is 16.2. The lowest BCUT2D eigenvalue weighted by Crippen LogP contribution is -2.54. The van der Waals surface area contributed by atoms with Gasteiger partial charge in [0.1, 0.15) is 0 Å². The monoisotopic (exact) mass is 267 g/mol. The van der Waals surface area contributed by atoms with Gasteiger partial charge >= 0.3 is 0 Å². The molecule has 19 heavy (non-hydrogen) atoms. The van der Waals surface area contributed by atoms with Crippen molar-refractivity contribution in [1.82, 2.24) is 15.1 Å². The standard InChI is InChI=1S/C15H29N3O/c1-17(2)15(19)8-5-9-16-12-10-13-6-4-7-14(11-12)18(13)3/h12-14,16H,4-11H2,1-3H3. The normalized spacial score (nSPS) is 31.2. The van der Waals surface area contributed by atoms with Gasteiger partial charge in [-0.1, -0.05) is 6.42 Å². The van der Waals surface area contributed by atoms with Crippen LogP contribution in [0.3, 0.4) is 0 Å². The van der Waals surface area contributed by atoms with Gasteiger partial charge in [-0.2, -0.15) is 0 Å². The van der Waals surface area contributed by atoms with Crippen LogP contribution in [0.5, 0.6) is 0 Å². The highest BCUT2D eigenvalue weighted by Crippen LogP contribution is 2.32. The van der Waals surface area contributed by atoms with Crippen LogP contribution >= 0.6 is 0 Å². The molecule has 4 nitrogen and oxygen atoms in total. The van der Waals surface area contributed by atoms with E-state index in [9.17, 15) is 4.79 Å². The molecule has 0 saturated carbocycles. The van der Waals surface area contributed by atoms with Crippen molar-refractivity contribution in [2.75, 3.05) is 27.7 Å². The van der Waals surface area contributed by atoms with Gasteiger partial charge in [-0.05, 0) is 45.7 Å². The summed E-state index contributed by atoms with van der Waals surface area (Å²) in [5, 5.41) is 3.67. The third-order valence-electron chi connectivity index (χ3n) is 4.84. The second-order valence-corrected chi connectivity index (χ2v) is 6.42. The molecule has 0 radical (unpaired) electrons. The fourth-order valence-electron chi connectivity index (χ4n) is 3.55. The number of fused-ring (bicyclic) bond motifs is 2. The van der Waals surface area contributed by atoms with Crippen LogP contribution in [-0.4, -0.2) is 61.5 Å². The zero-order valence-electron chi connectivity index (χ0n) is 12.7. The maximum absolute atomic E-state index is 11.5. The molecule has 110 valence electrons. The number of hydrogen-bond acceptors (Lipinski definition) is 3. The number of rotatable bonds is 5. The van der Waals surface area contributed by atoms with E-state index in [2.05, 4.69) is 17.3 Å². The number of piperidine rings is 2. The first-order valence-electron chi connectivity index (χ1n) is 7.73. The summed E-state index contributed by atoms with van der Waals surface area (Å²) in [6, 6.07) is 2.24. The maximum Gasteiger partial charge on any atom is 0.222 e. The van der Waals surface area contributed by atoms with E-state index in [-0.39, 0.29) is 5.91 Å². The van der Waals surface area contributed by atoms with Gasteiger partial charge in [0.15, 0.2) is 0 Å². The molecule has 2 bridgehead atoms. The fraction of sp³-hybridized carbons (Fsp3) is 0.933. The highest BCUT2D eigenvalue weighted by Gasteiger charge is 2.35. The molecule has 2 rings (SSSR count). The van der Waals surface area contributed by atoms with E-state index in [0.29, 0.717) is 12.5 Å². The van der Waals surface area contributed by atoms with E-state index in [1.807, 2.05) is 14.1 Å². The summed E-state index contributed by atoms with van der Waals surface area (Å²) in [5.74, 6) is 0.238. The van der Waals surface area contributed by atoms with E-state index >= 15 is 0 Å². The summed E-state index contributed by atoms with van der Waals surface area (Å²) >= 11 is 0. The van der Waals surface area contributed by atoms with Crippen LogP contribution in [-0.2, 0) is 4.79 Å². The van der Waals surface area contributed by atoms with Gasteiger partial charge < -0.3 is 15.1 Å². The zero-order valence-corrected chi connectivity index (χ0v) is 12.7. The average Bonchev–Trinajstić information content (AvgIpc) is 2.35. The van der Waals surface area contributed by atoms with Gasteiger partial charge in [0.2, 0.25) is 5.91 Å². The SMILES string of the molecule is CN(C)C(=O)CCCNC1CC2CCCC(C1)N2C. The molecule has 0 aromatic heterocycles. The lowest BCUT2D eigenvalue weighted by Gasteiger charge is -2.47. The van der Waals surface area contributed by atoms with Crippen LogP contribution in [0, 0.1) is 0 Å². The Morgan fingerprint density at radius 3 is 2.47 bits per heavy atom. The Labute approximate surface area is 117 Å². The highest BCUT2D eigenvalue weighted by molar-refractivity contribution is 5.75. The molecule has 2 aliphatic heterocycles. The van der Waals surface area contributed by atoms with Crippen LogP contribution in [0.15, 0.2) is 0 Å². The second-order valence-electron chi connectivity index (χ2n) is 6.42. The number of carbonyl (C=O) groups is 1. The zero-order chi connectivity index (χ0) is 13.8. The van der Waals surface area contributed by atoms with Gasteiger partial charge in [-0.3, -0.25) is 4.79 Å². The quantitative estimate of drug-likeness (QED) is 0.766. The third-order valence-corrected chi connectivity index (χ3v) is 4.84. The minimum atomic E-state index is 0.238. The number of carbonyl (C=O) groups excluding carboxylic acids is 1. The maximum atomic E-state index is 11.5. The molecule has 2 atom stereocenters. The number of nitrogens with one attached hydrogen (secondary N) is 1. The fourth-order valence-corrected chi connectivity index (χ4v) is 3.55. The molecule has 2 aliphatic rings. The van der Waals surface area contributed by atoms with Crippen LogP contribution in [0.1, 0.15) is 44.9 Å². The first-order chi connectivity index (χ1) is 9.08. The van der Waals surface area contributed by atoms with Crippen molar-refractivity contribution in [2.24, 2.45) is 0 Å². The van der Waals surface area contributed by atoms with E-state index < -0.39 is 0 Å². The average molecular weight is 267 g/mol. The second kappa shape index (κ2) is 6.71. The van der Waals surface area contributed by atoms with Gasteiger partial charge in [0, 0.05) is 38.6 Å². The lowest BCUT2D eigenvalue weighted by molar-refractivity contribution is -0.128. The van der Waals surface area contributed by atoms with Crippen LogP contribution in [0.4, 0.5) is 0 Å². The molecule has 1 amide bonds. The number of hydrogen-bond donors (Lipinski definition) is 1. The van der Waals surface area contributed by atoms with Gasteiger partial charge in [0.25, 0.3) is 0 Å². The van der Waals surface area contributed by atoms with Crippen molar-refractivity contribution >= 4 is 5.91 Å². The molecule has 2 saturated heterocycles. The third kappa shape index (κ3) is 3.93. The molecule has 0 aliphatic carbocycles. The van der Waals surface area contributed by atoms with Crippen molar-refractivity contribution < 1.29 is 4.79 Å². The topological polar surface area (TPSA) is 35.6 Å². The minimum absolute atomic E-state index is 0.238. The van der Waals surface area contributed by atoms with E-state index in [1.165, 1.54) is 32.1 Å². The summed E-state index contributed by atoms with van der Waals surface area (Å²) in [4.78, 5) is 15.8. The molecular weight excluding hydrogens is 238 g/mol. The molecule has 0 aromatic rings. The van der Waals surface area contributed by atoms with Crippen molar-refractivity contribution in [3.05, 3.63) is 0 Å². The van der Waals surface area contributed by atoms with Gasteiger partial charge in [-0.15, -0.1) is 0 Å². The van der Waals surface area contributed by atoms with E-state index in [4.69, 9.17) is 0 Å². The molecule has 2 heterocycles. The molecule has 1 N–H and O–H groups in total. The first kappa shape index (κ1) is 14.8. The molecule has 4 heteroatoms.